The molecule has 1 unspecified atom stereocenters. The van der Waals surface area contributed by atoms with E-state index in [1.165, 1.54) is 11.1 Å². The molecule has 3 atom stereocenters. The quantitative estimate of drug-likeness (QED) is 0.904. The van der Waals surface area contributed by atoms with Crippen LogP contribution in [0, 0.1) is 5.92 Å². The van der Waals surface area contributed by atoms with Crippen LogP contribution in [0.1, 0.15) is 48.4 Å². The van der Waals surface area contributed by atoms with Gasteiger partial charge in [0.05, 0.1) is 5.70 Å². The summed E-state index contributed by atoms with van der Waals surface area (Å²) < 4.78 is 12.0. The highest BCUT2D eigenvalue weighted by Gasteiger charge is 2.39. The van der Waals surface area contributed by atoms with Gasteiger partial charge >= 0.3 is 0 Å². The van der Waals surface area contributed by atoms with E-state index in [9.17, 15) is 0 Å². The zero-order valence-electron chi connectivity index (χ0n) is 15.0. The number of aliphatic imine (C=N–C) groups is 1. The Morgan fingerprint density at radius 2 is 2.00 bits per heavy atom. The third-order valence-electron chi connectivity index (χ3n) is 5.35. The van der Waals surface area contributed by atoms with Gasteiger partial charge in [0.15, 0.2) is 6.23 Å². The van der Waals surface area contributed by atoms with Crippen molar-refractivity contribution in [2.45, 2.75) is 38.6 Å². The van der Waals surface area contributed by atoms with Crippen molar-refractivity contribution < 1.29 is 9.47 Å². The van der Waals surface area contributed by atoms with Crippen LogP contribution in [-0.2, 0) is 15.9 Å². The number of hydrogen-bond donors (Lipinski definition) is 1. The third-order valence-corrected chi connectivity index (χ3v) is 5.35. The first kappa shape index (κ1) is 15.5. The fourth-order valence-electron chi connectivity index (χ4n) is 3.90. The van der Waals surface area contributed by atoms with Crippen LogP contribution in [0.2, 0.25) is 0 Å². The Morgan fingerprint density at radius 1 is 1.12 bits per heavy atom. The molecular weight excluding hydrogens is 324 g/mol. The van der Waals surface area contributed by atoms with Gasteiger partial charge in [-0.1, -0.05) is 50.2 Å². The molecule has 0 spiro atoms. The third kappa shape index (κ3) is 2.48. The minimum Gasteiger partial charge on any atom is -0.472 e. The Kier molecular flexibility index (Phi) is 3.52. The normalized spacial score (nSPS) is 25.7. The van der Waals surface area contributed by atoms with Crippen molar-refractivity contribution in [1.29, 1.82) is 0 Å². The van der Waals surface area contributed by atoms with Gasteiger partial charge < -0.3 is 14.8 Å². The molecule has 0 saturated heterocycles. The van der Waals surface area contributed by atoms with Crippen molar-refractivity contribution in [3.05, 3.63) is 82.7 Å². The van der Waals surface area contributed by atoms with Gasteiger partial charge in [0, 0.05) is 17.5 Å². The molecule has 0 fully saturated rings. The Bertz CT molecular complexity index is 916. The number of rotatable bonds is 3. The number of fused-ring (bicyclic) bond motifs is 3. The summed E-state index contributed by atoms with van der Waals surface area (Å²) >= 11 is 0. The minimum atomic E-state index is -0.144. The van der Waals surface area contributed by atoms with E-state index in [-0.39, 0.29) is 18.4 Å². The molecule has 0 bridgehead atoms. The lowest BCUT2D eigenvalue weighted by molar-refractivity contribution is 0.154. The first-order valence-corrected chi connectivity index (χ1v) is 9.23. The van der Waals surface area contributed by atoms with Crippen molar-refractivity contribution in [2.24, 2.45) is 10.9 Å². The van der Waals surface area contributed by atoms with Gasteiger partial charge in [0.25, 0.3) is 0 Å². The van der Waals surface area contributed by atoms with Crippen LogP contribution < -0.4 is 5.32 Å². The van der Waals surface area contributed by atoms with Crippen LogP contribution in [-0.4, -0.2) is 12.0 Å². The second kappa shape index (κ2) is 5.90. The maximum Gasteiger partial charge on any atom is 0.217 e. The Balaban J connectivity index is 1.39. The Hall–Kier alpha value is -2.75. The predicted octanol–water partition coefficient (Wildman–Crippen LogP) is 4.25. The Labute approximate surface area is 153 Å². The molecule has 0 saturated carbocycles. The van der Waals surface area contributed by atoms with Crippen LogP contribution in [0.15, 0.2) is 65.5 Å². The van der Waals surface area contributed by atoms with Gasteiger partial charge in [0.2, 0.25) is 5.90 Å². The molecule has 3 aliphatic rings. The fourth-order valence-corrected chi connectivity index (χ4v) is 3.90. The van der Waals surface area contributed by atoms with Gasteiger partial charge in [-0.25, -0.2) is 4.99 Å². The maximum absolute atomic E-state index is 6.21. The van der Waals surface area contributed by atoms with Crippen LogP contribution >= 0.6 is 0 Å². The average molecular weight is 346 g/mol. The van der Waals surface area contributed by atoms with Crippen LogP contribution in [0.3, 0.4) is 0 Å². The summed E-state index contributed by atoms with van der Waals surface area (Å²) in [6.45, 7) is 4.30. The highest BCUT2D eigenvalue weighted by atomic mass is 16.5. The molecule has 1 aliphatic carbocycles. The van der Waals surface area contributed by atoms with E-state index in [0.29, 0.717) is 5.92 Å². The summed E-state index contributed by atoms with van der Waals surface area (Å²) in [7, 11) is 0. The molecular formula is C22H22N2O2. The summed E-state index contributed by atoms with van der Waals surface area (Å²) in [5, 5.41) is 3.44. The molecule has 0 radical (unpaired) electrons. The molecule has 4 heteroatoms. The highest BCUT2D eigenvalue weighted by molar-refractivity contribution is 5.96. The molecule has 0 amide bonds. The van der Waals surface area contributed by atoms with Gasteiger partial charge in [-0.15, -0.1) is 0 Å². The monoisotopic (exact) mass is 346 g/mol. The molecule has 2 heterocycles. The number of nitrogens with one attached hydrogen (secondary N) is 1. The van der Waals surface area contributed by atoms with E-state index < -0.39 is 0 Å². The molecule has 5 rings (SSSR count). The zero-order chi connectivity index (χ0) is 17.7. The number of allylic oxidation sites excluding steroid dienone is 1. The first-order chi connectivity index (χ1) is 12.7. The average Bonchev–Trinajstić information content (AvgIpc) is 3.36. The highest BCUT2D eigenvalue weighted by Crippen LogP contribution is 2.40. The van der Waals surface area contributed by atoms with Crippen molar-refractivity contribution in [1.82, 2.24) is 5.32 Å². The summed E-state index contributed by atoms with van der Waals surface area (Å²) in [4.78, 5) is 4.89. The smallest absolute Gasteiger partial charge is 0.217 e. The van der Waals surface area contributed by atoms with Crippen molar-refractivity contribution >= 4 is 5.90 Å². The predicted molar refractivity (Wildman–Crippen MR) is 101 cm³/mol. The van der Waals surface area contributed by atoms with Gasteiger partial charge in [0.1, 0.15) is 18.4 Å². The molecule has 26 heavy (non-hydrogen) atoms. The lowest BCUT2D eigenvalue weighted by Crippen LogP contribution is -2.19. The molecule has 2 aromatic rings. The summed E-state index contributed by atoms with van der Waals surface area (Å²) in [6, 6.07) is 16.9. The standard InChI is InChI=1S/C22H22N2O2/c1-13(2)18-12-25-21(23-18)15-7-5-8-16(10-15)22-24-20-17-9-4-3-6-14(17)11-19(20)26-22/h3-10,12-13,19-21,23H,11H2,1-2H3/t19-,20+,21?/m0/s1. The zero-order valence-corrected chi connectivity index (χ0v) is 15.0. The topological polar surface area (TPSA) is 42.9 Å². The van der Waals surface area contributed by atoms with E-state index in [2.05, 4.69) is 61.6 Å². The summed E-state index contributed by atoms with van der Waals surface area (Å²) in [5.74, 6) is 1.16. The van der Waals surface area contributed by atoms with E-state index >= 15 is 0 Å². The van der Waals surface area contributed by atoms with Crippen LogP contribution in [0.25, 0.3) is 0 Å². The lowest BCUT2D eigenvalue weighted by atomic mass is 10.1. The number of hydrogen-bond acceptors (Lipinski definition) is 4. The van der Waals surface area contributed by atoms with E-state index in [4.69, 9.17) is 14.5 Å². The van der Waals surface area contributed by atoms with Crippen LogP contribution in [0.5, 0.6) is 0 Å². The first-order valence-electron chi connectivity index (χ1n) is 9.23. The van der Waals surface area contributed by atoms with Crippen LogP contribution in [0.4, 0.5) is 0 Å². The van der Waals surface area contributed by atoms with E-state index in [0.717, 1.165) is 29.1 Å². The fraction of sp³-hybridized carbons (Fsp3) is 0.318. The van der Waals surface area contributed by atoms with Crippen molar-refractivity contribution in [2.75, 3.05) is 0 Å². The van der Waals surface area contributed by atoms with Crippen molar-refractivity contribution in [3.8, 4) is 0 Å². The molecule has 2 aliphatic heterocycles. The van der Waals surface area contributed by atoms with E-state index in [1.807, 2.05) is 12.3 Å². The second-order valence-corrected chi connectivity index (χ2v) is 7.45. The number of benzene rings is 2. The summed E-state index contributed by atoms with van der Waals surface area (Å²) in [5.41, 5.74) is 5.88. The molecule has 2 aromatic carbocycles. The molecule has 1 N–H and O–H groups in total. The number of nitrogens with zero attached hydrogens (tertiary/aromatic N) is 1. The molecule has 132 valence electrons. The SMILES string of the molecule is CC(C)C1=COC(c2cccc(C3=N[C@@H]4c5ccccc5C[C@@H]4O3)c2)N1. The maximum atomic E-state index is 6.21. The second-order valence-electron chi connectivity index (χ2n) is 7.45. The summed E-state index contributed by atoms with van der Waals surface area (Å²) in [6.07, 6.45) is 2.74. The van der Waals surface area contributed by atoms with Gasteiger partial charge in [-0.2, -0.15) is 0 Å². The molecule has 0 aromatic heterocycles. The van der Waals surface area contributed by atoms with Gasteiger partial charge in [-0.3, -0.25) is 0 Å². The number of ether oxygens (including phenoxy) is 2. The lowest BCUT2D eigenvalue weighted by Gasteiger charge is -2.15. The largest absolute Gasteiger partial charge is 0.472 e. The van der Waals surface area contributed by atoms with Crippen molar-refractivity contribution in [3.63, 3.8) is 0 Å². The van der Waals surface area contributed by atoms with E-state index in [1.54, 1.807) is 0 Å². The van der Waals surface area contributed by atoms with Gasteiger partial charge in [-0.05, 0) is 29.2 Å². The molecule has 4 nitrogen and oxygen atoms in total. The minimum absolute atomic E-state index is 0.125. The Morgan fingerprint density at radius 3 is 2.85 bits per heavy atom.